The number of amidine groups is 1. The predicted octanol–water partition coefficient (Wildman–Crippen LogP) is 2.63. The number of nitrogens with zero attached hydrogens (tertiary/aromatic N) is 3. The summed E-state index contributed by atoms with van der Waals surface area (Å²) in [6.45, 7) is 2.63. The molecular weight excluding hydrogens is 487 g/mol. The van der Waals surface area contributed by atoms with Crippen LogP contribution >= 0.6 is 22.9 Å². The molecule has 0 aliphatic carbocycles. The number of rotatable bonds is 7. The highest BCUT2D eigenvalue weighted by Gasteiger charge is 2.37. The number of hydrogen-bond donors (Lipinski definition) is 2. The SMILES string of the molecule is CCOC(=O)C1=C(CN2CCOC[C@H]2C(=O)O)NC(c2nccs2)=N[C@H]1c1ccc(F)cc1Cl. The fourth-order valence-corrected chi connectivity index (χ4v) is 4.68. The van der Waals surface area contributed by atoms with Crippen molar-refractivity contribution in [1.29, 1.82) is 0 Å². The number of aliphatic carboxylic acids is 1. The van der Waals surface area contributed by atoms with Crippen LogP contribution in [0.25, 0.3) is 0 Å². The molecule has 0 bridgehead atoms. The number of aliphatic imine (C=N–C) groups is 1. The molecule has 12 heteroatoms. The van der Waals surface area contributed by atoms with Gasteiger partial charge in [-0.05, 0) is 19.1 Å². The minimum Gasteiger partial charge on any atom is -0.480 e. The summed E-state index contributed by atoms with van der Waals surface area (Å²) in [5, 5.41) is 15.3. The van der Waals surface area contributed by atoms with Crippen molar-refractivity contribution in [2.24, 2.45) is 4.99 Å². The third-order valence-electron chi connectivity index (χ3n) is 5.40. The average Bonchev–Trinajstić information content (AvgIpc) is 3.34. The topological polar surface area (TPSA) is 113 Å². The largest absolute Gasteiger partial charge is 0.480 e. The summed E-state index contributed by atoms with van der Waals surface area (Å²) >= 11 is 7.71. The number of carbonyl (C=O) groups excluding carboxylic acids is 1. The maximum absolute atomic E-state index is 13.8. The van der Waals surface area contributed by atoms with Gasteiger partial charge in [0.25, 0.3) is 0 Å². The zero-order chi connectivity index (χ0) is 24.2. The number of carboxylic acid groups (broad SMARTS) is 1. The second kappa shape index (κ2) is 10.6. The van der Waals surface area contributed by atoms with Crippen LogP contribution in [0.4, 0.5) is 4.39 Å². The Morgan fingerprint density at radius 1 is 1.44 bits per heavy atom. The molecular formula is C22H22ClFN4O5S. The lowest BCUT2D eigenvalue weighted by Gasteiger charge is -2.35. The number of halogens is 2. The molecule has 1 aromatic carbocycles. The number of nitrogens with one attached hydrogen (secondary N) is 1. The van der Waals surface area contributed by atoms with Crippen molar-refractivity contribution in [2.45, 2.75) is 19.0 Å². The highest BCUT2D eigenvalue weighted by Crippen LogP contribution is 2.37. The molecule has 180 valence electrons. The summed E-state index contributed by atoms with van der Waals surface area (Å²) in [6, 6.07) is 2.07. The maximum Gasteiger partial charge on any atom is 0.338 e. The summed E-state index contributed by atoms with van der Waals surface area (Å²) in [5.74, 6) is -1.78. The van der Waals surface area contributed by atoms with Crippen LogP contribution in [-0.2, 0) is 19.1 Å². The van der Waals surface area contributed by atoms with E-state index in [9.17, 15) is 19.1 Å². The van der Waals surface area contributed by atoms with Crippen LogP contribution in [0.3, 0.4) is 0 Å². The lowest BCUT2D eigenvalue weighted by Crippen LogP contribution is -2.52. The van der Waals surface area contributed by atoms with E-state index < -0.39 is 29.8 Å². The van der Waals surface area contributed by atoms with Crippen molar-refractivity contribution in [3.8, 4) is 0 Å². The van der Waals surface area contributed by atoms with Gasteiger partial charge in [0.15, 0.2) is 10.8 Å². The number of benzene rings is 1. The van der Waals surface area contributed by atoms with Gasteiger partial charge in [-0.1, -0.05) is 17.7 Å². The smallest absolute Gasteiger partial charge is 0.338 e. The molecule has 2 N–H and O–H groups in total. The van der Waals surface area contributed by atoms with Crippen LogP contribution in [0.15, 0.2) is 46.0 Å². The minimum atomic E-state index is -1.03. The lowest BCUT2D eigenvalue weighted by molar-refractivity contribution is -0.149. The summed E-state index contributed by atoms with van der Waals surface area (Å²) in [7, 11) is 0. The number of morpholine rings is 1. The van der Waals surface area contributed by atoms with E-state index in [4.69, 9.17) is 26.1 Å². The van der Waals surface area contributed by atoms with Crippen LogP contribution in [0.1, 0.15) is 23.5 Å². The number of ether oxygens (including phenoxy) is 2. The Hall–Kier alpha value is -2.86. The molecule has 1 saturated heterocycles. The Bertz CT molecular complexity index is 1140. The fourth-order valence-electron chi connectivity index (χ4n) is 3.82. The zero-order valence-corrected chi connectivity index (χ0v) is 19.7. The molecule has 2 aliphatic rings. The Balaban J connectivity index is 1.83. The van der Waals surface area contributed by atoms with Crippen molar-refractivity contribution in [3.63, 3.8) is 0 Å². The molecule has 9 nitrogen and oxygen atoms in total. The van der Waals surface area contributed by atoms with E-state index in [1.54, 1.807) is 23.4 Å². The highest BCUT2D eigenvalue weighted by molar-refractivity contribution is 7.11. The van der Waals surface area contributed by atoms with E-state index in [1.165, 1.54) is 23.5 Å². The van der Waals surface area contributed by atoms with Crippen molar-refractivity contribution in [3.05, 3.63) is 62.5 Å². The minimum absolute atomic E-state index is 0.0258. The van der Waals surface area contributed by atoms with Gasteiger partial charge in [-0.15, -0.1) is 11.3 Å². The molecule has 2 atom stereocenters. The second-order valence-electron chi connectivity index (χ2n) is 7.52. The molecule has 0 radical (unpaired) electrons. The Kier molecular flexibility index (Phi) is 7.57. The number of thiazole rings is 1. The first-order valence-corrected chi connectivity index (χ1v) is 11.8. The molecule has 1 aromatic heterocycles. The first-order valence-electron chi connectivity index (χ1n) is 10.5. The van der Waals surface area contributed by atoms with Gasteiger partial charge in [0.1, 0.15) is 17.9 Å². The third kappa shape index (κ3) is 5.12. The van der Waals surface area contributed by atoms with E-state index in [1.807, 2.05) is 0 Å². The second-order valence-corrected chi connectivity index (χ2v) is 8.82. The van der Waals surface area contributed by atoms with Crippen LogP contribution in [0.2, 0.25) is 5.02 Å². The van der Waals surface area contributed by atoms with Crippen molar-refractivity contribution < 1.29 is 28.6 Å². The monoisotopic (exact) mass is 508 g/mol. The van der Waals surface area contributed by atoms with Gasteiger partial charge >= 0.3 is 11.9 Å². The van der Waals surface area contributed by atoms with E-state index in [-0.39, 0.29) is 30.4 Å². The van der Waals surface area contributed by atoms with Gasteiger partial charge in [0, 0.05) is 40.9 Å². The van der Waals surface area contributed by atoms with Crippen molar-refractivity contribution in [2.75, 3.05) is 32.9 Å². The van der Waals surface area contributed by atoms with Gasteiger partial charge in [-0.2, -0.15) is 0 Å². The molecule has 34 heavy (non-hydrogen) atoms. The van der Waals surface area contributed by atoms with E-state index in [2.05, 4.69) is 10.3 Å². The summed E-state index contributed by atoms with van der Waals surface area (Å²) in [4.78, 5) is 35.7. The van der Waals surface area contributed by atoms with Gasteiger partial charge in [0.05, 0.1) is 25.4 Å². The standard InChI is InChI=1S/C22H22ClFN4O5S/c1-2-33-22(31)17-15(10-28-6-7-32-11-16(28)21(29)30)26-19(20-25-5-8-34-20)27-18(17)13-4-3-12(24)9-14(13)23/h3-5,8-9,16,18H,2,6-7,10-11H2,1H3,(H,26,27)(H,29,30)/t16-,18-/m0/s1. The molecule has 4 rings (SSSR count). The van der Waals surface area contributed by atoms with Crippen molar-refractivity contribution >= 4 is 40.7 Å². The van der Waals surface area contributed by atoms with Crippen molar-refractivity contribution in [1.82, 2.24) is 15.2 Å². The van der Waals surface area contributed by atoms with Crippen LogP contribution in [-0.4, -0.2) is 71.7 Å². The number of hydrogen-bond acceptors (Lipinski definition) is 9. The highest BCUT2D eigenvalue weighted by atomic mass is 35.5. The number of aromatic nitrogens is 1. The molecule has 2 aromatic rings. The first kappa shape index (κ1) is 24.3. The Morgan fingerprint density at radius 3 is 2.94 bits per heavy atom. The van der Waals surface area contributed by atoms with E-state index in [0.29, 0.717) is 35.3 Å². The predicted molar refractivity (Wildman–Crippen MR) is 123 cm³/mol. The Morgan fingerprint density at radius 2 is 2.26 bits per heavy atom. The van der Waals surface area contributed by atoms with Crippen LogP contribution in [0.5, 0.6) is 0 Å². The molecule has 2 aliphatic heterocycles. The van der Waals surface area contributed by atoms with Gasteiger partial charge in [-0.3, -0.25) is 14.7 Å². The molecule has 0 spiro atoms. The van der Waals surface area contributed by atoms with Gasteiger partial charge < -0.3 is 19.9 Å². The summed E-state index contributed by atoms with van der Waals surface area (Å²) < 4.78 is 24.4. The molecule has 0 amide bonds. The van der Waals surface area contributed by atoms with E-state index >= 15 is 0 Å². The Labute approximate surface area is 203 Å². The molecule has 0 saturated carbocycles. The maximum atomic E-state index is 13.8. The molecule has 3 heterocycles. The lowest BCUT2D eigenvalue weighted by atomic mass is 9.95. The summed E-state index contributed by atoms with van der Waals surface area (Å²) in [6.07, 6.45) is 1.62. The first-order chi connectivity index (χ1) is 16.4. The number of esters is 1. The van der Waals surface area contributed by atoms with E-state index in [0.717, 1.165) is 6.07 Å². The zero-order valence-electron chi connectivity index (χ0n) is 18.2. The fraction of sp³-hybridized carbons (Fsp3) is 0.364. The third-order valence-corrected chi connectivity index (χ3v) is 6.51. The average molecular weight is 509 g/mol. The molecule has 1 fully saturated rings. The quantitative estimate of drug-likeness (QED) is 0.549. The molecule has 0 unspecified atom stereocenters. The normalized spacial score (nSPS) is 21.1. The van der Waals surface area contributed by atoms with Gasteiger partial charge in [-0.25, -0.2) is 14.2 Å². The van der Waals surface area contributed by atoms with Crippen LogP contribution < -0.4 is 5.32 Å². The van der Waals surface area contributed by atoms with Gasteiger partial charge in [0.2, 0.25) is 0 Å². The number of carboxylic acids is 1. The van der Waals surface area contributed by atoms with Crippen LogP contribution in [0, 0.1) is 5.82 Å². The summed E-state index contributed by atoms with van der Waals surface area (Å²) in [5.41, 5.74) is 0.999. The number of carbonyl (C=O) groups is 2.